The number of hydrogen-bond acceptors (Lipinski definition) is 5. The molecule has 0 unspecified atom stereocenters. The first-order valence-electron chi connectivity index (χ1n) is 6.61. The van der Waals surface area contributed by atoms with Crippen molar-refractivity contribution in [2.24, 2.45) is 0 Å². The molecule has 0 saturated heterocycles. The molecule has 1 aromatic heterocycles. The molecule has 0 aliphatic heterocycles. The minimum absolute atomic E-state index is 0.0840. The Morgan fingerprint density at radius 3 is 2.44 bits per heavy atom. The third kappa shape index (κ3) is 3.32. The van der Waals surface area contributed by atoms with Crippen molar-refractivity contribution in [3.63, 3.8) is 0 Å². The van der Waals surface area contributed by atoms with Gasteiger partial charge in [-0.05, 0) is 6.07 Å². The number of pyridine rings is 1. The summed E-state index contributed by atoms with van der Waals surface area (Å²) < 4.78 is 49.8. The van der Waals surface area contributed by atoms with Crippen LogP contribution in [0.2, 0.25) is 10.0 Å². The fourth-order valence-electron chi connectivity index (χ4n) is 2.18. The van der Waals surface area contributed by atoms with Crippen molar-refractivity contribution in [2.45, 2.75) is 6.43 Å². The Morgan fingerprint density at radius 2 is 1.92 bits per heavy atom. The summed E-state index contributed by atoms with van der Waals surface area (Å²) in [5.74, 6) is -2.32. The maximum atomic E-state index is 14.4. The van der Waals surface area contributed by atoms with Gasteiger partial charge in [0, 0.05) is 17.3 Å². The average molecular weight is 395 g/mol. The molecule has 2 N–H and O–H groups in total. The molecular weight excluding hydrogens is 384 g/mol. The number of methoxy groups -OCH3 is 2. The zero-order valence-corrected chi connectivity index (χ0v) is 14.4. The summed E-state index contributed by atoms with van der Waals surface area (Å²) in [6.45, 7) is 0. The van der Waals surface area contributed by atoms with Crippen LogP contribution in [0.1, 0.15) is 22.5 Å². The maximum Gasteiger partial charge on any atom is 0.358 e. The van der Waals surface area contributed by atoms with Gasteiger partial charge >= 0.3 is 5.97 Å². The lowest BCUT2D eigenvalue weighted by Crippen LogP contribution is -2.08. The van der Waals surface area contributed by atoms with Crippen molar-refractivity contribution in [3.8, 4) is 16.9 Å². The molecule has 1 aromatic carbocycles. The third-order valence-corrected chi connectivity index (χ3v) is 4.09. The molecule has 2 rings (SSSR count). The molecule has 0 amide bonds. The Bertz CT molecular complexity index is 848. The van der Waals surface area contributed by atoms with Crippen LogP contribution in [0.25, 0.3) is 11.1 Å². The number of hydrogen-bond donors (Lipinski definition) is 1. The van der Waals surface area contributed by atoms with E-state index in [0.29, 0.717) is 6.07 Å². The van der Waals surface area contributed by atoms with Crippen molar-refractivity contribution >= 4 is 34.9 Å². The second-order valence-corrected chi connectivity index (χ2v) is 5.47. The third-order valence-electron chi connectivity index (χ3n) is 3.35. The van der Waals surface area contributed by atoms with Crippen LogP contribution < -0.4 is 10.5 Å². The summed E-state index contributed by atoms with van der Waals surface area (Å²) in [4.78, 5) is 15.3. The summed E-state index contributed by atoms with van der Waals surface area (Å²) in [5.41, 5.74) is 4.22. The number of aromatic nitrogens is 1. The molecule has 10 heteroatoms. The molecule has 25 heavy (non-hydrogen) atoms. The molecule has 0 radical (unpaired) electrons. The van der Waals surface area contributed by atoms with E-state index in [4.69, 9.17) is 33.7 Å². The lowest BCUT2D eigenvalue weighted by Gasteiger charge is -2.16. The molecule has 5 nitrogen and oxygen atoms in total. The first kappa shape index (κ1) is 19.1. The van der Waals surface area contributed by atoms with Gasteiger partial charge < -0.3 is 15.2 Å². The van der Waals surface area contributed by atoms with Gasteiger partial charge in [0.25, 0.3) is 6.43 Å². The van der Waals surface area contributed by atoms with Crippen LogP contribution in [0, 0.1) is 5.82 Å². The Hall–Kier alpha value is -2.19. The second kappa shape index (κ2) is 7.37. The standard InChI is InChI=1S/C15H11Cl2F3N2O3/c1-24-13-5(14(19)20)3-7(18)8(9(13)16)6-4-22-12(15(23)25-2)10(17)11(6)21/h3-4,14H,1-2H3,(H2,21,22). The quantitative estimate of drug-likeness (QED) is 0.772. The number of rotatable bonds is 4. The molecule has 0 bridgehead atoms. The van der Waals surface area contributed by atoms with Gasteiger partial charge in [0.15, 0.2) is 5.69 Å². The van der Waals surface area contributed by atoms with Gasteiger partial charge in [0.05, 0.1) is 35.5 Å². The monoisotopic (exact) mass is 394 g/mol. The van der Waals surface area contributed by atoms with Crippen molar-refractivity contribution < 1.29 is 27.4 Å². The summed E-state index contributed by atoms with van der Waals surface area (Å²) in [5, 5.41) is -0.704. The number of ether oxygens (including phenoxy) is 2. The zero-order chi connectivity index (χ0) is 18.9. The largest absolute Gasteiger partial charge is 0.495 e. The highest BCUT2D eigenvalue weighted by atomic mass is 35.5. The van der Waals surface area contributed by atoms with Gasteiger partial charge in [-0.15, -0.1) is 0 Å². The predicted molar refractivity (Wildman–Crippen MR) is 86.9 cm³/mol. The van der Waals surface area contributed by atoms with Gasteiger partial charge in [-0.25, -0.2) is 22.9 Å². The molecule has 0 fully saturated rings. The summed E-state index contributed by atoms with van der Waals surface area (Å²) >= 11 is 12.0. The molecule has 134 valence electrons. The number of esters is 1. The van der Waals surface area contributed by atoms with E-state index in [1.54, 1.807) is 0 Å². The number of nitrogen functional groups attached to an aromatic ring is 1. The highest BCUT2D eigenvalue weighted by Gasteiger charge is 2.27. The number of halogens is 5. The first-order valence-corrected chi connectivity index (χ1v) is 7.36. The fourth-order valence-corrected chi connectivity index (χ4v) is 2.78. The normalized spacial score (nSPS) is 10.9. The van der Waals surface area contributed by atoms with Gasteiger partial charge in [-0.2, -0.15) is 0 Å². The van der Waals surface area contributed by atoms with Crippen LogP contribution in [-0.2, 0) is 4.74 Å². The lowest BCUT2D eigenvalue weighted by molar-refractivity contribution is 0.0594. The van der Waals surface area contributed by atoms with E-state index in [1.807, 2.05) is 0 Å². The zero-order valence-electron chi connectivity index (χ0n) is 12.9. The van der Waals surface area contributed by atoms with Crippen LogP contribution in [0.5, 0.6) is 5.75 Å². The summed E-state index contributed by atoms with van der Waals surface area (Å²) in [7, 11) is 2.23. The van der Waals surface area contributed by atoms with E-state index in [0.717, 1.165) is 20.4 Å². The van der Waals surface area contributed by atoms with Crippen molar-refractivity contribution in [1.82, 2.24) is 4.98 Å². The number of benzene rings is 1. The Labute approximate surface area is 150 Å². The second-order valence-electron chi connectivity index (χ2n) is 4.71. The number of alkyl halides is 2. The maximum absolute atomic E-state index is 14.4. The van der Waals surface area contributed by atoms with Crippen molar-refractivity contribution in [2.75, 3.05) is 20.0 Å². The fraction of sp³-hybridized carbons (Fsp3) is 0.200. The highest BCUT2D eigenvalue weighted by molar-refractivity contribution is 6.37. The minimum atomic E-state index is -3.00. The van der Waals surface area contributed by atoms with Crippen LogP contribution in [0.4, 0.5) is 18.9 Å². The molecule has 0 aliphatic carbocycles. The summed E-state index contributed by atoms with van der Waals surface area (Å²) in [6.07, 6.45) is -1.96. The van der Waals surface area contributed by atoms with Crippen LogP contribution in [-0.4, -0.2) is 25.2 Å². The molecule has 0 spiro atoms. The van der Waals surface area contributed by atoms with Crippen LogP contribution >= 0.6 is 23.2 Å². The van der Waals surface area contributed by atoms with Crippen LogP contribution in [0.3, 0.4) is 0 Å². The Kier molecular flexibility index (Phi) is 5.64. The SMILES string of the molecule is COC(=O)c1ncc(-c2c(F)cc(C(F)F)c(OC)c2Cl)c(N)c1Cl. The predicted octanol–water partition coefficient (Wildman–Crippen LogP) is 4.51. The molecule has 2 aromatic rings. The van der Waals surface area contributed by atoms with Gasteiger partial charge in [-0.1, -0.05) is 23.2 Å². The van der Waals surface area contributed by atoms with Crippen LogP contribution in [0.15, 0.2) is 12.3 Å². The van der Waals surface area contributed by atoms with E-state index >= 15 is 0 Å². The lowest BCUT2D eigenvalue weighted by atomic mass is 10.0. The molecule has 1 heterocycles. The number of anilines is 1. The molecule has 0 atom stereocenters. The first-order chi connectivity index (χ1) is 11.7. The average Bonchev–Trinajstić information content (AvgIpc) is 2.57. The Balaban J connectivity index is 2.75. The van der Waals surface area contributed by atoms with Crippen molar-refractivity contribution in [1.29, 1.82) is 0 Å². The Morgan fingerprint density at radius 1 is 1.28 bits per heavy atom. The van der Waals surface area contributed by atoms with Gasteiger partial charge in [-0.3, -0.25) is 0 Å². The molecule has 0 aliphatic rings. The topological polar surface area (TPSA) is 74.4 Å². The van der Waals surface area contributed by atoms with Gasteiger partial charge in [0.1, 0.15) is 11.6 Å². The number of nitrogens with zero attached hydrogens (tertiary/aromatic N) is 1. The van der Waals surface area contributed by atoms with Gasteiger partial charge in [0.2, 0.25) is 0 Å². The molecular formula is C15H11Cl2F3N2O3. The minimum Gasteiger partial charge on any atom is -0.495 e. The number of carbonyl (C=O) groups is 1. The molecule has 0 saturated carbocycles. The van der Waals surface area contributed by atoms with E-state index in [9.17, 15) is 18.0 Å². The van der Waals surface area contributed by atoms with Crippen molar-refractivity contribution in [3.05, 3.63) is 39.4 Å². The van der Waals surface area contributed by atoms with E-state index < -0.39 is 34.5 Å². The summed E-state index contributed by atoms with van der Waals surface area (Å²) in [6, 6.07) is 0.590. The highest BCUT2D eigenvalue weighted by Crippen LogP contribution is 2.45. The number of carbonyl (C=O) groups excluding carboxylic acids is 1. The van der Waals surface area contributed by atoms with E-state index in [1.165, 1.54) is 0 Å². The van der Waals surface area contributed by atoms with E-state index in [-0.39, 0.29) is 27.5 Å². The smallest absolute Gasteiger partial charge is 0.358 e. The number of nitrogens with two attached hydrogens (primary N) is 1. The van der Waals surface area contributed by atoms with E-state index in [2.05, 4.69) is 9.72 Å².